The number of nitrogens with two attached hydrogens (primary N) is 1. The number of hydrogen-bond donors (Lipinski definition) is 3. The number of hydrogen-bond acceptors (Lipinski definition) is 3. The highest BCUT2D eigenvalue weighted by Crippen LogP contribution is 2.33. The van der Waals surface area contributed by atoms with Crippen LogP contribution in [-0.4, -0.2) is 16.3 Å². The third-order valence-electron chi connectivity index (χ3n) is 2.58. The molecule has 0 aliphatic rings. The number of rotatable bonds is 2. The number of benzene rings is 1. The number of aliphatic hydroxyl groups is 1. The van der Waals surface area contributed by atoms with Gasteiger partial charge < -0.3 is 15.9 Å². The zero-order valence-electron chi connectivity index (χ0n) is 10.1. The molecule has 0 amide bonds. The van der Waals surface area contributed by atoms with E-state index in [9.17, 15) is 10.2 Å². The van der Waals surface area contributed by atoms with Gasteiger partial charge in [0.1, 0.15) is 5.75 Å². The summed E-state index contributed by atoms with van der Waals surface area (Å²) < 4.78 is 0. The van der Waals surface area contributed by atoms with E-state index in [0.717, 1.165) is 0 Å². The molecule has 0 saturated carbocycles. The third-order valence-corrected chi connectivity index (χ3v) is 2.81. The minimum absolute atomic E-state index is 0. The van der Waals surface area contributed by atoms with Crippen molar-refractivity contribution in [3.63, 3.8) is 0 Å². The first-order valence-electron chi connectivity index (χ1n) is 5.15. The second-order valence-corrected chi connectivity index (χ2v) is 5.48. The summed E-state index contributed by atoms with van der Waals surface area (Å²) in [5, 5.41) is 20.2. The summed E-state index contributed by atoms with van der Waals surface area (Å²) in [5.41, 5.74) is 6.04. The first-order valence-corrected chi connectivity index (χ1v) is 5.53. The quantitative estimate of drug-likeness (QED) is 0.780. The predicted molar refractivity (Wildman–Crippen MR) is 72.8 cm³/mol. The van der Waals surface area contributed by atoms with Crippen molar-refractivity contribution in [1.29, 1.82) is 0 Å². The molecule has 0 heterocycles. The fraction of sp³-hybridized carbons (Fsp3) is 0.500. The van der Waals surface area contributed by atoms with Crippen LogP contribution < -0.4 is 5.73 Å². The summed E-state index contributed by atoms with van der Waals surface area (Å²) in [6, 6.07) is 3.98. The van der Waals surface area contributed by atoms with Gasteiger partial charge in [0.05, 0.1) is 12.1 Å². The van der Waals surface area contributed by atoms with Crippen molar-refractivity contribution in [1.82, 2.24) is 0 Å². The number of phenols is 1. The van der Waals surface area contributed by atoms with E-state index in [1.165, 1.54) is 6.07 Å². The SMILES string of the molecule is CC(C)(C)[C@H](O)[C@H](N)c1cc(Cl)ccc1O.Cl. The Morgan fingerprint density at radius 2 is 1.82 bits per heavy atom. The van der Waals surface area contributed by atoms with E-state index < -0.39 is 12.1 Å². The van der Waals surface area contributed by atoms with Crippen LogP contribution in [0, 0.1) is 5.41 Å². The van der Waals surface area contributed by atoms with E-state index in [1.54, 1.807) is 12.1 Å². The Labute approximate surface area is 113 Å². The van der Waals surface area contributed by atoms with Gasteiger partial charge in [0.15, 0.2) is 0 Å². The van der Waals surface area contributed by atoms with Gasteiger partial charge in [0, 0.05) is 10.6 Å². The molecule has 0 aliphatic carbocycles. The van der Waals surface area contributed by atoms with Crippen molar-refractivity contribution in [2.45, 2.75) is 32.9 Å². The average molecular weight is 280 g/mol. The molecular formula is C12H19Cl2NO2. The molecule has 5 heteroatoms. The Kier molecular flexibility index (Phi) is 5.75. The van der Waals surface area contributed by atoms with Crippen LogP contribution in [0.4, 0.5) is 0 Å². The summed E-state index contributed by atoms with van der Waals surface area (Å²) in [6.45, 7) is 5.66. The van der Waals surface area contributed by atoms with Crippen LogP contribution in [-0.2, 0) is 0 Å². The molecule has 0 saturated heterocycles. The van der Waals surface area contributed by atoms with Gasteiger partial charge in [0.25, 0.3) is 0 Å². The molecule has 1 aromatic carbocycles. The molecule has 17 heavy (non-hydrogen) atoms. The molecule has 1 aromatic rings. The van der Waals surface area contributed by atoms with Gasteiger partial charge in [-0.1, -0.05) is 32.4 Å². The molecule has 0 radical (unpaired) electrons. The minimum Gasteiger partial charge on any atom is -0.508 e. The number of halogens is 2. The van der Waals surface area contributed by atoms with Gasteiger partial charge in [-0.3, -0.25) is 0 Å². The highest BCUT2D eigenvalue weighted by Gasteiger charge is 2.30. The summed E-state index contributed by atoms with van der Waals surface area (Å²) >= 11 is 5.83. The summed E-state index contributed by atoms with van der Waals surface area (Å²) in [6.07, 6.45) is -0.753. The standard InChI is InChI=1S/C12H18ClNO2.ClH/c1-12(2,3)11(16)10(14)8-6-7(13)4-5-9(8)15;/h4-6,10-11,15-16H,14H2,1-3H3;1H/t10-,11-;/m1./s1. The predicted octanol–water partition coefficient (Wildman–Crippen LogP) is 2.87. The Bertz CT molecular complexity index is 377. The summed E-state index contributed by atoms with van der Waals surface area (Å²) in [4.78, 5) is 0. The third kappa shape index (κ3) is 4.03. The second-order valence-electron chi connectivity index (χ2n) is 5.04. The van der Waals surface area contributed by atoms with Crippen LogP contribution in [0.3, 0.4) is 0 Å². The Morgan fingerprint density at radius 3 is 2.29 bits per heavy atom. The van der Waals surface area contributed by atoms with Gasteiger partial charge in [-0.2, -0.15) is 0 Å². The van der Waals surface area contributed by atoms with Crippen molar-refractivity contribution < 1.29 is 10.2 Å². The molecule has 1 rings (SSSR count). The fourth-order valence-corrected chi connectivity index (χ4v) is 1.68. The minimum atomic E-state index is -0.753. The van der Waals surface area contributed by atoms with Crippen LogP contribution in [0.2, 0.25) is 5.02 Å². The zero-order chi connectivity index (χ0) is 12.5. The molecule has 3 nitrogen and oxygen atoms in total. The number of phenolic OH excluding ortho intramolecular Hbond substituents is 1. The smallest absolute Gasteiger partial charge is 0.120 e. The number of aliphatic hydroxyl groups excluding tert-OH is 1. The molecule has 0 unspecified atom stereocenters. The van der Waals surface area contributed by atoms with Gasteiger partial charge in [0.2, 0.25) is 0 Å². The van der Waals surface area contributed by atoms with E-state index in [-0.39, 0.29) is 23.6 Å². The van der Waals surface area contributed by atoms with E-state index >= 15 is 0 Å². The lowest BCUT2D eigenvalue weighted by molar-refractivity contribution is 0.0395. The topological polar surface area (TPSA) is 66.5 Å². The van der Waals surface area contributed by atoms with Crippen LogP contribution >= 0.6 is 24.0 Å². The lowest BCUT2D eigenvalue weighted by Gasteiger charge is -2.31. The van der Waals surface area contributed by atoms with Gasteiger partial charge in [-0.05, 0) is 23.6 Å². The highest BCUT2D eigenvalue weighted by atomic mass is 35.5. The Balaban J connectivity index is 0.00000256. The zero-order valence-corrected chi connectivity index (χ0v) is 11.7. The van der Waals surface area contributed by atoms with Crippen molar-refractivity contribution >= 4 is 24.0 Å². The van der Waals surface area contributed by atoms with Crippen LogP contribution in [0.1, 0.15) is 32.4 Å². The molecule has 98 valence electrons. The molecule has 4 N–H and O–H groups in total. The fourth-order valence-electron chi connectivity index (χ4n) is 1.50. The first-order chi connectivity index (χ1) is 7.23. The van der Waals surface area contributed by atoms with Gasteiger partial charge in [-0.15, -0.1) is 12.4 Å². The van der Waals surface area contributed by atoms with E-state index in [4.69, 9.17) is 17.3 Å². The maximum Gasteiger partial charge on any atom is 0.120 e. The lowest BCUT2D eigenvalue weighted by Crippen LogP contribution is -2.37. The molecular weight excluding hydrogens is 261 g/mol. The largest absolute Gasteiger partial charge is 0.508 e. The molecule has 0 aliphatic heterocycles. The molecule has 0 spiro atoms. The van der Waals surface area contributed by atoms with Gasteiger partial charge in [-0.25, -0.2) is 0 Å². The maximum atomic E-state index is 10.0. The van der Waals surface area contributed by atoms with Crippen molar-refractivity contribution in [3.05, 3.63) is 28.8 Å². The first kappa shape index (κ1) is 16.5. The second kappa shape index (κ2) is 5.91. The van der Waals surface area contributed by atoms with Crippen molar-refractivity contribution in [3.8, 4) is 5.75 Å². The Hall–Kier alpha value is -0.480. The molecule has 0 fully saturated rings. The van der Waals surface area contributed by atoms with E-state index in [1.807, 2.05) is 20.8 Å². The lowest BCUT2D eigenvalue weighted by atomic mass is 9.82. The molecule has 0 bridgehead atoms. The van der Waals surface area contributed by atoms with Crippen molar-refractivity contribution in [2.75, 3.05) is 0 Å². The van der Waals surface area contributed by atoms with Crippen LogP contribution in [0.25, 0.3) is 0 Å². The Morgan fingerprint density at radius 1 is 1.29 bits per heavy atom. The van der Waals surface area contributed by atoms with E-state index in [2.05, 4.69) is 0 Å². The summed E-state index contributed by atoms with van der Waals surface area (Å²) in [5.74, 6) is 0.0557. The highest BCUT2D eigenvalue weighted by molar-refractivity contribution is 6.30. The summed E-state index contributed by atoms with van der Waals surface area (Å²) in [7, 11) is 0. The van der Waals surface area contributed by atoms with Gasteiger partial charge >= 0.3 is 0 Å². The number of aromatic hydroxyl groups is 1. The molecule has 2 atom stereocenters. The van der Waals surface area contributed by atoms with E-state index in [0.29, 0.717) is 10.6 Å². The molecule has 0 aromatic heterocycles. The monoisotopic (exact) mass is 279 g/mol. The average Bonchev–Trinajstić information content (AvgIpc) is 2.18. The van der Waals surface area contributed by atoms with Crippen LogP contribution in [0.15, 0.2) is 18.2 Å². The maximum absolute atomic E-state index is 10.0. The normalized spacial score (nSPS) is 14.9. The van der Waals surface area contributed by atoms with Crippen LogP contribution in [0.5, 0.6) is 5.75 Å². The van der Waals surface area contributed by atoms with Crippen molar-refractivity contribution in [2.24, 2.45) is 11.1 Å².